The largest absolute Gasteiger partial charge is 0.325 e. The van der Waals surface area contributed by atoms with Crippen molar-refractivity contribution in [3.05, 3.63) is 28.2 Å². The van der Waals surface area contributed by atoms with E-state index in [4.69, 9.17) is 0 Å². The molecule has 2 rings (SSSR count). The van der Waals surface area contributed by atoms with Gasteiger partial charge in [0.25, 0.3) is 0 Å². The fourth-order valence-electron chi connectivity index (χ4n) is 3.32. The average molecular weight is 366 g/mol. The zero-order valence-electron chi connectivity index (χ0n) is 13.8. The van der Waals surface area contributed by atoms with Crippen molar-refractivity contribution in [2.24, 2.45) is 11.8 Å². The summed E-state index contributed by atoms with van der Waals surface area (Å²) in [5.41, 5.74) is 2.18. The zero-order chi connectivity index (χ0) is 15.9. The van der Waals surface area contributed by atoms with Gasteiger partial charge in [-0.15, -0.1) is 0 Å². The minimum atomic E-state index is 0.190. The first-order valence-electron chi connectivity index (χ1n) is 8.73. The third-order valence-electron chi connectivity index (χ3n) is 4.88. The molecule has 1 fully saturated rings. The predicted molar refractivity (Wildman–Crippen MR) is 97.1 cm³/mol. The summed E-state index contributed by atoms with van der Waals surface area (Å²) in [7, 11) is 0. The van der Waals surface area contributed by atoms with Crippen LogP contribution in [0.15, 0.2) is 22.7 Å². The highest BCUT2D eigenvalue weighted by atomic mass is 79.9. The number of benzene rings is 1. The second kappa shape index (κ2) is 8.71. The summed E-state index contributed by atoms with van der Waals surface area (Å²) in [5.74, 6) is 1.23. The van der Waals surface area contributed by atoms with E-state index >= 15 is 0 Å². The molecule has 0 bridgehead atoms. The van der Waals surface area contributed by atoms with Crippen molar-refractivity contribution >= 4 is 27.5 Å². The summed E-state index contributed by atoms with van der Waals surface area (Å²) in [5, 5.41) is 3.10. The van der Waals surface area contributed by atoms with Crippen LogP contribution in [0.25, 0.3) is 0 Å². The molecule has 1 aromatic rings. The Morgan fingerprint density at radius 1 is 1.23 bits per heavy atom. The summed E-state index contributed by atoms with van der Waals surface area (Å²) in [4.78, 5) is 12.5. The number of anilines is 1. The topological polar surface area (TPSA) is 29.1 Å². The average Bonchev–Trinajstić information content (AvgIpc) is 2.55. The molecule has 0 unspecified atom stereocenters. The Balaban J connectivity index is 1.86. The van der Waals surface area contributed by atoms with Crippen LogP contribution in [0.2, 0.25) is 0 Å². The molecule has 22 heavy (non-hydrogen) atoms. The van der Waals surface area contributed by atoms with Gasteiger partial charge in [-0.05, 0) is 71.6 Å². The quantitative estimate of drug-likeness (QED) is 0.663. The first-order valence-corrected chi connectivity index (χ1v) is 9.52. The van der Waals surface area contributed by atoms with Crippen LogP contribution in [-0.4, -0.2) is 5.91 Å². The van der Waals surface area contributed by atoms with Crippen molar-refractivity contribution in [2.45, 2.75) is 65.2 Å². The lowest BCUT2D eigenvalue weighted by Crippen LogP contribution is -2.27. The van der Waals surface area contributed by atoms with E-state index in [1.165, 1.54) is 37.7 Å². The Bertz CT molecular complexity index is 492. The molecule has 1 amide bonds. The number of amides is 1. The number of nitrogens with one attached hydrogen (secondary N) is 1. The zero-order valence-corrected chi connectivity index (χ0v) is 15.4. The molecular weight excluding hydrogens is 338 g/mol. The van der Waals surface area contributed by atoms with Gasteiger partial charge in [0.2, 0.25) is 5.91 Å². The minimum Gasteiger partial charge on any atom is -0.325 e. The number of unbranched alkanes of at least 4 members (excludes halogenated alkanes) is 1. The highest BCUT2D eigenvalue weighted by molar-refractivity contribution is 9.10. The normalized spacial score (nSPS) is 21.6. The molecule has 2 nitrogen and oxygen atoms in total. The van der Waals surface area contributed by atoms with Crippen molar-refractivity contribution in [3.63, 3.8) is 0 Å². The Kier molecular flexibility index (Phi) is 6.94. The van der Waals surface area contributed by atoms with E-state index in [1.807, 2.05) is 6.07 Å². The number of hydrogen-bond acceptors (Lipinski definition) is 1. The maximum Gasteiger partial charge on any atom is 0.227 e. The minimum absolute atomic E-state index is 0.190. The van der Waals surface area contributed by atoms with E-state index in [1.54, 1.807) is 0 Å². The summed E-state index contributed by atoms with van der Waals surface area (Å²) in [6.07, 6.45) is 9.49. The summed E-state index contributed by atoms with van der Waals surface area (Å²) in [6.45, 7) is 4.39. The number of carbonyl (C=O) groups is 1. The van der Waals surface area contributed by atoms with Gasteiger partial charge in [-0.3, -0.25) is 4.79 Å². The molecule has 1 saturated carbocycles. The summed E-state index contributed by atoms with van der Waals surface area (Å²) >= 11 is 3.56. The standard InChI is InChI=1S/C19H28BrNO/c1-3-5-6-15-7-10-16(11-8-15)19(22)21-18-12-9-14(4-2)13-17(18)20/h9,12-13,15-16H,3-8,10-11H2,1-2H3,(H,21,22). The lowest BCUT2D eigenvalue weighted by atomic mass is 9.79. The van der Waals surface area contributed by atoms with Crippen LogP contribution in [0.5, 0.6) is 0 Å². The Morgan fingerprint density at radius 2 is 1.95 bits per heavy atom. The molecule has 1 aliphatic rings. The molecule has 1 aromatic carbocycles. The molecule has 122 valence electrons. The second-order valence-electron chi connectivity index (χ2n) is 6.52. The highest BCUT2D eigenvalue weighted by Crippen LogP contribution is 2.33. The van der Waals surface area contributed by atoms with Gasteiger partial charge >= 0.3 is 0 Å². The van der Waals surface area contributed by atoms with Crippen LogP contribution in [-0.2, 0) is 11.2 Å². The maximum atomic E-state index is 12.5. The first kappa shape index (κ1) is 17.5. The van der Waals surface area contributed by atoms with Crippen LogP contribution in [0.3, 0.4) is 0 Å². The molecule has 0 radical (unpaired) electrons. The van der Waals surface area contributed by atoms with Crippen molar-refractivity contribution in [1.82, 2.24) is 0 Å². The summed E-state index contributed by atoms with van der Waals surface area (Å²) in [6, 6.07) is 6.19. The molecule has 0 aromatic heterocycles. The van der Waals surface area contributed by atoms with Gasteiger partial charge in [0.05, 0.1) is 5.69 Å². The van der Waals surface area contributed by atoms with E-state index in [0.29, 0.717) is 0 Å². The third-order valence-corrected chi connectivity index (χ3v) is 5.54. The van der Waals surface area contributed by atoms with Gasteiger partial charge in [-0.25, -0.2) is 0 Å². The molecule has 0 saturated heterocycles. The molecule has 0 spiro atoms. The van der Waals surface area contributed by atoms with E-state index in [-0.39, 0.29) is 11.8 Å². The number of carbonyl (C=O) groups excluding carboxylic acids is 1. The van der Waals surface area contributed by atoms with Gasteiger partial charge in [0.15, 0.2) is 0 Å². The van der Waals surface area contributed by atoms with Crippen molar-refractivity contribution in [2.75, 3.05) is 5.32 Å². The van der Waals surface area contributed by atoms with Gasteiger partial charge in [0.1, 0.15) is 0 Å². The number of rotatable bonds is 6. The van der Waals surface area contributed by atoms with Gasteiger partial charge in [-0.1, -0.05) is 39.2 Å². The molecule has 1 N–H and O–H groups in total. The molecule has 1 aliphatic carbocycles. The van der Waals surface area contributed by atoms with E-state index < -0.39 is 0 Å². The van der Waals surface area contributed by atoms with E-state index in [2.05, 4.69) is 47.2 Å². The first-order chi connectivity index (χ1) is 10.6. The SMILES string of the molecule is CCCCC1CCC(C(=O)Nc2ccc(CC)cc2Br)CC1. The fraction of sp³-hybridized carbons (Fsp3) is 0.632. The number of aryl methyl sites for hydroxylation is 1. The van der Waals surface area contributed by atoms with Gasteiger partial charge < -0.3 is 5.32 Å². The van der Waals surface area contributed by atoms with Gasteiger partial charge in [0, 0.05) is 10.4 Å². The smallest absolute Gasteiger partial charge is 0.227 e. The van der Waals surface area contributed by atoms with Crippen molar-refractivity contribution < 1.29 is 4.79 Å². The number of halogens is 1. The second-order valence-corrected chi connectivity index (χ2v) is 7.37. The third kappa shape index (κ3) is 4.84. The van der Waals surface area contributed by atoms with Gasteiger partial charge in [-0.2, -0.15) is 0 Å². The molecular formula is C19H28BrNO. The van der Waals surface area contributed by atoms with Crippen molar-refractivity contribution in [1.29, 1.82) is 0 Å². The highest BCUT2D eigenvalue weighted by Gasteiger charge is 2.26. The van der Waals surface area contributed by atoms with E-state index in [0.717, 1.165) is 35.3 Å². The van der Waals surface area contributed by atoms with Crippen LogP contribution in [0.1, 0.15) is 64.4 Å². The predicted octanol–water partition coefficient (Wildman–Crippen LogP) is 5.95. The summed E-state index contributed by atoms with van der Waals surface area (Å²) < 4.78 is 0.983. The monoisotopic (exact) mass is 365 g/mol. The van der Waals surface area contributed by atoms with Crippen LogP contribution in [0, 0.1) is 11.8 Å². The lowest BCUT2D eigenvalue weighted by molar-refractivity contribution is -0.121. The fourth-order valence-corrected chi connectivity index (χ4v) is 3.85. The molecule has 0 atom stereocenters. The Hall–Kier alpha value is -0.830. The van der Waals surface area contributed by atoms with Crippen LogP contribution >= 0.6 is 15.9 Å². The van der Waals surface area contributed by atoms with E-state index in [9.17, 15) is 4.79 Å². The molecule has 3 heteroatoms. The molecule has 0 aliphatic heterocycles. The van der Waals surface area contributed by atoms with Crippen LogP contribution in [0.4, 0.5) is 5.69 Å². The maximum absolute atomic E-state index is 12.5. The molecule has 0 heterocycles. The van der Waals surface area contributed by atoms with Crippen LogP contribution < -0.4 is 5.32 Å². The number of hydrogen-bond donors (Lipinski definition) is 1. The Labute approximate surface area is 143 Å². The lowest BCUT2D eigenvalue weighted by Gasteiger charge is -2.27. The van der Waals surface area contributed by atoms with Crippen molar-refractivity contribution in [3.8, 4) is 0 Å². The Morgan fingerprint density at radius 3 is 2.55 bits per heavy atom.